The lowest BCUT2D eigenvalue weighted by atomic mass is 9.93. The molecule has 1 aliphatic carbocycles. The molecule has 8 nitrogen and oxygen atoms in total. The van der Waals surface area contributed by atoms with Crippen molar-refractivity contribution in [2.45, 2.75) is 44.8 Å². The van der Waals surface area contributed by atoms with Gasteiger partial charge in [-0.15, -0.1) is 0 Å². The Bertz CT molecular complexity index is 1610. The fourth-order valence-electron chi connectivity index (χ4n) is 5.22. The van der Waals surface area contributed by atoms with E-state index in [0.29, 0.717) is 24.2 Å². The van der Waals surface area contributed by atoms with Gasteiger partial charge in [0.05, 0.1) is 29.8 Å². The molecule has 5 aromatic rings. The highest BCUT2D eigenvalue weighted by atomic mass is 16.5. The molecule has 0 saturated heterocycles. The Morgan fingerprint density at radius 1 is 1.08 bits per heavy atom. The van der Waals surface area contributed by atoms with Crippen molar-refractivity contribution in [2.24, 2.45) is 0 Å². The smallest absolute Gasteiger partial charge is 0.289 e. The van der Waals surface area contributed by atoms with Crippen molar-refractivity contribution in [3.8, 4) is 17.0 Å². The Hall–Kier alpha value is -4.04. The van der Waals surface area contributed by atoms with E-state index >= 15 is 0 Å². The number of para-hydroxylation sites is 1. The zero-order valence-electron chi connectivity index (χ0n) is 20.2. The number of nitrogens with one attached hydrogen (secondary N) is 2. The first-order valence-corrected chi connectivity index (χ1v) is 12.2. The van der Waals surface area contributed by atoms with Crippen LogP contribution in [-0.2, 0) is 0 Å². The van der Waals surface area contributed by atoms with Gasteiger partial charge in [-0.05, 0) is 62.4 Å². The van der Waals surface area contributed by atoms with Crippen molar-refractivity contribution in [1.82, 2.24) is 25.3 Å². The van der Waals surface area contributed by atoms with Crippen molar-refractivity contribution in [3.63, 3.8) is 0 Å². The molecule has 3 aromatic heterocycles. The number of nitrogens with zero attached hydrogens (tertiary/aromatic N) is 3. The molecular formula is C28H27N5O3. The highest BCUT2D eigenvalue weighted by Gasteiger charge is 2.25. The molecule has 1 amide bonds. The van der Waals surface area contributed by atoms with Gasteiger partial charge in [0.2, 0.25) is 5.82 Å². The Morgan fingerprint density at radius 3 is 2.69 bits per heavy atom. The summed E-state index contributed by atoms with van der Waals surface area (Å²) >= 11 is 0. The van der Waals surface area contributed by atoms with Gasteiger partial charge in [0, 0.05) is 34.1 Å². The minimum atomic E-state index is -0.315. The van der Waals surface area contributed by atoms with Crippen LogP contribution >= 0.6 is 0 Å². The molecule has 0 atom stereocenters. The van der Waals surface area contributed by atoms with E-state index in [0.717, 1.165) is 56.9 Å². The van der Waals surface area contributed by atoms with Gasteiger partial charge in [-0.1, -0.05) is 18.2 Å². The number of aryl methyl sites for hydroxylation is 1. The number of ether oxygens (including phenoxy) is 1. The molecule has 0 unspecified atom stereocenters. The van der Waals surface area contributed by atoms with E-state index in [1.54, 1.807) is 13.3 Å². The van der Waals surface area contributed by atoms with Gasteiger partial charge in [0.15, 0.2) is 0 Å². The first-order chi connectivity index (χ1) is 17.5. The molecule has 6 rings (SSSR count). The molecule has 182 valence electrons. The maximum Gasteiger partial charge on any atom is 0.289 e. The van der Waals surface area contributed by atoms with Crippen LogP contribution in [0.5, 0.6) is 5.75 Å². The minimum absolute atomic E-state index is 0.0000252. The van der Waals surface area contributed by atoms with Crippen LogP contribution in [0, 0.1) is 6.92 Å². The van der Waals surface area contributed by atoms with Crippen molar-refractivity contribution < 1.29 is 14.6 Å². The fourth-order valence-corrected chi connectivity index (χ4v) is 5.22. The van der Waals surface area contributed by atoms with Crippen LogP contribution < -0.4 is 10.1 Å². The molecule has 1 aliphatic rings. The van der Waals surface area contributed by atoms with Crippen LogP contribution in [0.2, 0.25) is 0 Å². The first-order valence-electron chi connectivity index (χ1n) is 12.2. The highest BCUT2D eigenvalue weighted by molar-refractivity contribution is 6.15. The number of aromatic amines is 1. The number of pyridine rings is 1. The number of carbonyl (C=O) groups excluding carboxylic acids is 1. The second kappa shape index (κ2) is 8.87. The average Bonchev–Trinajstić information content (AvgIpc) is 3.25. The zero-order chi connectivity index (χ0) is 24.8. The molecule has 1 saturated carbocycles. The molecule has 0 aliphatic heterocycles. The molecular weight excluding hydrogens is 454 g/mol. The van der Waals surface area contributed by atoms with E-state index in [1.165, 1.54) is 0 Å². The Kier molecular flexibility index (Phi) is 5.53. The van der Waals surface area contributed by atoms with Gasteiger partial charge in [-0.25, -0.2) is 9.97 Å². The van der Waals surface area contributed by atoms with Crippen molar-refractivity contribution >= 4 is 38.7 Å². The number of aromatic nitrogens is 4. The number of aliphatic hydroxyl groups is 1. The van der Waals surface area contributed by atoms with Gasteiger partial charge in [-0.2, -0.15) is 0 Å². The van der Waals surface area contributed by atoms with Crippen LogP contribution in [0.3, 0.4) is 0 Å². The lowest BCUT2D eigenvalue weighted by molar-refractivity contribution is 0.0859. The van der Waals surface area contributed by atoms with Crippen molar-refractivity contribution in [3.05, 3.63) is 60.0 Å². The van der Waals surface area contributed by atoms with Gasteiger partial charge in [0.1, 0.15) is 11.4 Å². The summed E-state index contributed by atoms with van der Waals surface area (Å²) in [6, 6.07) is 13.8. The molecule has 0 spiro atoms. The number of methoxy groups -OCH3 is 1. The summed E-state index contributed by atoms with van der Waals surface area (Å²) in [7, 11) is 1.66. The second-order valence-electron chi connectivity index (χ2n) is 9.47. The third-order valence-corrected chi connectivity index (χ3v) is 7.11. The summed E-state index contributed by atoms with van der Waals surface area (Å²) in [6.07, 6.45) is 4.32. The third kappa shape index (κ3) is 3.83. The largest absolute Gasteiger partial charge is 0.496 e. The lowest BCUT2D eigenvalue weighted by Gasteiger charge is -2.25. The number of hydrogen-bond donors (Lipinski definition) is 3. The Labute approximate surface area is 207 Å². The van der Waals surface area contributed by atoms with E-state index in [1.807, 2.05) is 49.4 Å². The number of amides is 1. The SMILES string of the molecule is COc1cc2c(cc1C)[nH]c1nc(C(=O)NC3CCC(O)CC3)nc(-c3ccnc4ccccc34)c12. The molecule has 36 heavy (non-hydrogen) atoms. The number of fused-ring (bicyclic) bond motifs is 4. The maximum atomic E-state index is 13.3. The Balaban J connectivity index is 1.56. The van der Waals surface area contributed by atoms with E-state index in [9.17, 15) is 9.90 Å². The molecule has 1 fully saturated rings. The summed E-state index contributed by atoms with van der Waals surface area (Å²) in [6.45, 7) is 1.99. The normalized spacial score (nSPS) is 18.1. The monoisotopic (exact) mass is 481 g/mol. The van der Waals surface area contributed by atoms with Crippen LogP contribution in [0.1, 0.15) is 41.9 Å². The van der Waals surface area contributed by atoms with Crippen molar-refractivity contribution in [1.29, 1.82) is 0 Å². The van der Waals surface area contributed by atoms with Crippen LogP contribution in [-0.4, -0.2) is 50.2 Å². The number of carbonyl (C=O) groups is 1. The quantitative estimate of drug-likeness (QED) is 0.344. The predicted octanol–water partition coefficient (Wildman–Crippen LogP) is 4.68. The molecule has 0 radical (unpaired) electrons. The van der Waals surface area contributed by atoms with Crippen LogP contribution in [0.15, 0.2) is 48.7 Å². The number of H-pyrrole nitrogens is 1. The predicted molar refractivity (Wildman–Crippen MR) is 139 cm³/mol. The summed E-state index contributed by atoms with van der Waals surface area (Å²) < 4.78 is 5.59. The van der Waals surface area contributed by atoms with E-state index in [2.05, 4.69) is 20.3 Å². The van der Waals surface area contributed by atoms with Gasteiger partial charge < -0.3 is 20.1 Å². The minimum Gasteiger partial charge on any atom is -0.496 e. The number of benzene rings is 2. The second-order valence-corrected chi connectivity index (χ2v) is 9.47. The van der Waals surface area contributed by atoms with E-state index < -0.39 is 0 Å². The van der Waals surface area contributed by atoms with E-state index in [-0.39, 0.29) is 23.9 Å². The molecule has 3 heterocycles. The number of rotatable bonds is 4. The topological polar surface area (TPSA) is 113 Å². The molecule has 2 aromatic carbocycles. The first kappa shape index (κ1) is 22.4. The molecule has 0 bridgehead atoms. The van der Waals surface area contributed by atoms with Crippen LogP contribution in [0.4, 0.5) is 0 Å². The van der Waals surface area contributed by atoms with Crippen molar-refractivity contribution in [2.75, 3.05) is 7.11 Å². The van der Waals surface area contributed by atoms with Gasteiger partial charge in [0.25, 0.3) is 5.91 Å². The molecule has 8 heteroatoms. The summed E-state index contributed by atoms with van der Waals surface area (Å²) in [5.41, 5.74) is 4.88. The third-order valence-electron chi connectivity index (χ3n) is 7.11. The van der Waals surface area contributed by atoms with Gasteiger partial charge in [-0.3, -0.25) is 9.78 Å². The zero-order valence-corrected chi connectivity index (χ0v) is 20.2. The Morgan fingerprint density at radius 2 is 1.89 bits per heavy atom. The van der Waals surface area contributed by atoms with E-state index in [4.69, 9.17) is 9.72 Å². The summed E-state index contributed by atoms with van der Waals surface area (Å²) in [5, 5.41) is 15.6. The highest BCUT2D eigenvalue weighted by Crippen LogP contribution is 2.37. The summed E-state index contributed by atoms with van der Waals surface area (Å²) in [4.78, 5) is 30.7. The van der Waals surface area contributed by atoms with Crippen LogP contribution in [0.25, 0.3) is 44.1 Å². The number of hydrogen-bond acceptors (Lipinski definition) is 6. The molecule has 3 N–H and O–H groups in total. The summed E-state index contributed by atoms with van der Waals surface area (Å²) in [5.74, 6) is 0.570. The van der Waals surface area contributed by atoms with Gasteiger partial charge >= 0.3 is 0 Å². The standard InChI is InChI=1S/C28H27N5O3/c1-15-13-22-20(14-23(15)36-2)24-25(19-11-12-29-21-6-4-3-5-18(19)21)32-27(33-26(24)31-22)28(35)30-16-7-9-17(34)10-8-16/h3-6,11-14,16-17,34H,7-10H2,1-2H3,(H,30,35)(H,31,32,33). The number of aliphatic hydroxyl groups excluding tert-OH is 1. The fraction of sp³-hybridized carbons (Fsp3) is 0.286. The lowest BCUT2D eigenvalue weighted by Crippen LogP contribution is -2.39. The maximum absolute atomic E-state index is 13.3. The average molecular weight is 482 g/mol.